The number of hydrogen-bond donors (Lipinski definition) is 2. The van der Waals surface area contributed by atoms with E-state index in [1.54, 1.807) is 19.0 Å². The minimum absolute atomic E-state index is 0.0342. The molecule has 0 radical (unpaired) electrons. The van der Waals surface area contributed by atoms with Gasteiger partial charge in [0.15, 0.2) is 5.96 Å². The quantitative estimate of drug-likeness (QED) is 0.340. The van der Waals surface area contributed by atoms with Crippen molar-refractivity contribution in [1.82, 2.24) is 15.5 Å². The van der Waals surface area contributed by atoms with E-state index in [0.29, 0.717) is 25.7 Å². The Labute approximate surface area is 180 Å². The zero-order valence-electron chi connectivity index (χ0n) is 18.3. The third-order valence-electron chi connectivity index (χ3n) is 4.71. The second-order valence-corrected chi connectivity index (χ2v) is 7.19. The Bertz CT molecular complexity index is 724. The molecule has 1 amide bonds. The van der Waals surface area contributed by atoms with Gasteiger partial charge in [0.2, 0.25) is 5.91 Å². The molecule has 0 fully saturated rings. The summed E-state index contributed by atoms with van der Waals surface area (Å²) in [5.41, 5.74) is 2.47. The summed E-state index contributed by atoms with van der Waals surface area (Å²) < 4.78 is 5.40. The molecule has 0 unspecified atom stereocenters. The van der Waals surface area contributed by atoms with Gasteiger partial charge in [-0.25, -0.2) is 4.99 Å². The molecule has 162 valence electrons. The molecule has 0 bridgehead atoms. The Morgan fingerprint density at radius 3 is 2.13 bits per heavy atom. The highest BCUT2D eigenvalue weighted by molar-refractivity contribution is 5.84. The van der Waals surface area contributed by atoms with Crippen LogP contribution < -0.4 is 10.6 Å². The largest absolute Gasteiger partial charge is 0.382 e. The van der Waals surface area contributed by atoms with Crippen molar-refractivity contribution in [2.45, 2.75) is 19.3 Å². The first kappa shape index (κ1) is 23.4. The average molecular weight is 411 g/mol. The number of ether oxygens (including phenoxy) is 1. The number of benzene rings is 2. The third kappa shape index (κ3) is 8.25. The van der Waals surface area contributed by atoms with Crippen LogP contribution in [0.25, 0.3) is 0 Å². The molecule has 0 aliphatic heterocycles. The monoisotopic (exact) mass is 410 g/mol. The molecule has 0 saturated heterocycles. The van der Waals surface area contributed by atoms with E-state index in [1.165, 1.54) is 11.1 Å². The van der Waals surface area contributed by atoms with Crippen LogP contribution in [0.5, 0.6) is 0 Å². The number of amides is 1. The van der Waals surface area contributed by atoms with Crippen molar-refractivity contribution in [2.75, 3.05) is 46.9 Å². The minimum atomic E-state index is -0.0342. The van der Waals surface area contributed by atoms with Crippen LogP contribution in [-0.2, 0) is 9.53 Å². The van der Waals surface area contributed by atoms with E-state index < -0.39 is 0 Å². The predicted octanol–water partition coefficient (Wildman–Crippen LogP) is 2.87. The number of guanidine groups is 1. The molecule has 0 aromatic heterocycles. The molecular formula is C24H34N4O2. The first-order valence-corrected chi connectivity index (χ1v) is 10.5. The first-order valence-electron chi connectivity index (χ1n) is 10.5. The number of rotatable bonds is 11. The lowest BCUT2D eigenvalue weighted by atomic mass is 9.91. The smallest absolute Gasteiger partial charge is 0.243 e. The van der Waals surface area contributed by atoms with Gasteiger partial charge in [-0.05, 0) is 24.5 Å². The van der Waals surface area contributed by atoms with E-state index in [1.807, 2.05) is 19.1 Å². The maximum atomic E-state index is 12.0. The summed E-state index contributed by atoms with van der Waals surface area (Å²) in [7, 11) is 3.47. The Balaban J connectivity index is 2.08. The Morgan fingerprint density at radius 1 is 1.00 bits per heavy atom. The van der Waals surface area contributed by atoms with Gasteiger partial charge in [0.25, 0.3) is 0 Å². The van der Waals surface area contributed by atoms with Crippen LogP contribution in [0.2, 0.25) is 0 Å². The average Bonchev–Trinajstić information content (AvgIpc) is 2.78. The summed E-state index contributed by atoms with van der Waals surface area (Å²) in [4.78, 5) is 18.0. The van der Waals surface area contributed by atoms with Crippen molar-refractivity contribution < 1.29 is 9.53 Å². The van der Waals surface area contributed by atoms with Gasteiger partial charge >= 0.3 is 0 Å². The molecule has 2 aromatic rings. The number of hydrogen-bond acceptors (Lipinski definition) is 3. The van der Waals surface area contributed by atoms with Crippen LogP contribution in [0, 0.1) is 0 Å². The van der Waals surface area contributed by atoms with Crippen molar-refractivity contribution in [3.8, 4) is 0 Å². The Morgan fingerprint density at radius 2 is 1.60 bits per heavy atom. The third-order valence-corrected chi connectivity index (χ3v) is 4.71. The summed E-state index contributed by atoms with van der Waals surface area (Å²) in [6.07, 6.45) is 0.872. The van der Waals surface area contributed by atoms with E-state index in [9.17, 15) is 4.79 Å². The van der Waals surface area contributed by atoms with Gasteiger partial charge < -0.3 is 20.3 Å². The van der Waals surface area contributed by atoms with E-state index in [4.69, 9.17) is 4.74 Å². The van der Waals surface area contributed by atoms with E-state index in [2.05, 4.69) is 64.2 Å². The minimum Gasteiger partial charge on any atom is -0.382 e. The van der Waals surface area contributed by atoms with E-state index in [0.717, 1.165) is 13.0 Å². The highest BCUT2D eigenvalue weighted by Gasteiger charge is 2.15. The highest BCUT2D eigenvalue weighted by atomic mass is 16.5. The molecule has 0 saturated carbocycles. The normalized spacial score (nSPS) is 11.4. The fourth-order valence-corrected chi connectivity index (χ4v) is 2.99. The maximum absolute atomic E-state index is 12.0. The molecule has 2 aromatic carbocycles. The molecule has 2 rings (SSSR count). The van der Waals surface area contributed by atoms with Crippen molar-refractivity contribution in [3.05, 3.63) is 71.8 Å². The number of carbonyl (C=O) groups excluding carboxylic acids is 1. The van der Waals surface area contributed by atoms with Gasteiger partial charge in [0.1, 0.15) is 6.54 Å². The summed E-state index contributed by atoms with van der Waals surface area (Å²) in [6.45, 7) is 4.90. The van der Waals surface area contributed by atoms with Crippen LogP contribution in [0.3, 0.4) is 0 Å². The predicted molar refractivity (Wildman–Crippen MR) is 123 cm³/mol. The molecule has 0 atom stereocenters. The molecule has 0 aliphatic rings. The molecule has 0 spiro atoms. The fourth-order valence-electron chi connectivity index (χ4n) is 2.99. The molecule has 6 heteroatoms. The van der Waals surface area contributed by atoms with Gasteiger partial charge in [0.05, 0.1) is 0 Å². The van der Waals surface area contributed by atoms with Crippen LogP contribution >= 0.6 is 0 Å². The molecule has 2 N–H and O–H groups in total. The van der Waals surface area contributed by atoms with Crippen molar-refractivity contribution >= 4 is 11.9 Å². The molecule has 30 heavy (non-hydrogen) atoms. The van der Waals surface area contributed by atoms with E-state index >= 15 is 0 Å². The zero-order valence-corrected chi connectivity index (χ0v) is 18.3. The first-order chi connectivity index (χ1) is 14.6. The number of carbonyl (C=O) groups is 1. The van der Waals surface area contributed by atoms with Gasteiger partial charge in [-0.15, -0.1) is 0 Å². The number of aliphatic imine (C=N–C) groups is 1. The topological polar surface area (TPSA) is 66.0 Å². The van der Waals surface area contributed by atoms with Gasteiger partial charge in [-0.2, -0.15) is 0 Å². The van der Waals surface area contributed by atoms with Gasteiger partial charge in [0, 0.05) is 46.3 Å². The number of nitrogens with one attached hydrogen (secondary N) is 2. The Kier molecular flexibility index (Phi) is 10.4. The fraction of sp³-hybridized carbons (Fsp3) is 0.417. The molecular weight excluding hydrogens is 376 g/mol. The lowest BCUT2D eigenvalue weighted by Crippen LogP contribution is -2.41. The summed E-state index contributed by atoms with van der Waals surface area (Å²) in [5.74, 6) is 0.777. The number of likely N-dealkylation sites (N-methyl/N-ethyl adjacent to an activating group) is 1. The van der Waals surface area contributed by atoms with Crippen molar-refractivity contribution in [3.63, 3.8) is 0 Å². The second kappa shape index (κ2) is 13.4. The second-order valence-electron chi connectivity index (χ2n) is 7.19. The summed E-state index contributed by atoms with van der Waals surface area (Å²) >= 11 is 0. The summed E-state index contributed by atoms with van der Waals surface area (Å²) in [5, 5.41) is 6.75. The maximum Gasteiger partial charge on any atom is 0.243 e. The SMILES string of the molecule is CCOCCCNC(=NCC(=O)N(C)C)NCC(c1ccccc1)c1ccccc1. The molecule has 0 aliphatic carbocycles. The van der Waals surface area contributed by atoms with Crippen LogP contribution in [0.15, 0.2) is 65.7 Å². The van der Waals surface area contributed by atoms with Gasteiger partial charge in [-0.3, -0.25) is 4.79 Å². The lowest BCUT2D eigenvalue weighted by Gasteiger charge is -2.21. The van der Waals surface area contributed by atoms with Gasteiger partial charge in [-0.1, -0.05) is 60.7 Å². The van der Waals surface area contributed by atoms with Crippen LogP contribution in [0.1, 0.15) is 30.4 Å². The van der Waals surface area contributed by atoms with Crippen molar-refractivity contribution in [1.29, 1.82) is 0 Å². The summed E-state index contributed by atoms with van der Waals surface area (Å²) in [6, 6.07) is 20.8. The molecule has 0 heterocycles. The molecule has 6 nitrogen and oxygen atoms in total. The highest BCUT2D eigenvalue weighted by Crippen LogP contribution is 2.23. The van der Waals surface area contributed by atoms with Crippen molar-refractivity contribution in [2.24, 2.45) is 4.99 Å². The zero-order chi connectivity index (χ0) is 21.6. The van der Waals surface area contributed by atoms with Crippen LogP contribution in [-0.4, -0.2) is 63.7 Å². The lowest BCUT2D eigenvalue weighted by molar-refractivity contribution is -0.127. The number of nitrogens with zero attached hydrogens (tertiary/aromatic N) is 2. The standard InChI is InChI=1S/C24H34N4O2/c1-4-30-17-11-16-25-24(27-19-23(29)28(2)3)26-18-22(20-12-7-5-8-13-20)21-14-9-6-10-15-21/h5-10,12-15,22H,4,11,16-19H2,1-3H3,(H2,25,26,27). The van der Waals surface area contributed by atoms with E-state index in [-0.39, 0.29) is 18.4 Å². The van der Waals surface area contributed by atoms with Crippen LogP contribution in [0.4, 0.5) is 0 Å². The Hall–Kier alpha value is -2.86.